The Labute approximate surface area is 260 Å². The van der Waals surface area contributed by atoms with Gasteiger partial charge in [0.15, 0.2) is 0 Å². The lowest BCUT2D eigenvalue weighted by atomic mass is 10.3. The lowest BCUT2D eigenvalue weighted by molar-refractivity contribution is -0.122. The van der Waals surface area contributed by atoms with Crippen LogP contribution in [-0.2, 0) is 29.6 Å². The van der Waals surface area contributed by atoms with E-state index in [4.69, 9.17) is 0 Å². The summed E-state index contributed by atoms with van der Waals surface area (Å²) in [6, 6.07) is 23.4. The molecular weight excluding hydrogens is 626 g/mol. The summed E-state index contributed by atoms with van der Waals surface area (Å²) in [7, 11) is -8.41. The summed E-state index contributed by atoms with van der Waals surface area (Å²) in [4.78, 5) is 25.8. The van der Waals surface area contributed by atoms with Crippen molar-refractivity contribution in [2.75, 3.05) is 28.2 Å². The fraction of sp³-hybridized carbons (Fsp3) is 0.161. The van der Waals surface area contributed by atoms with Crippen molar-refractivity contribution in [3.63, 3.8) is 0 Å². The molecule has 0 heterocycles. The number of amides is 2. The van der Waals surface area contributed by atoms with E-state index < -0.39 is 62.6 Å². The van der Waals surface area contributed by atoms with E-state index in [-0.39, 0.29) is 27.7 Å². The normalized spacial score (nSPS) is 12.2. The van der Waals surface area contributed by atoms with E-state index in [0.29, 0.717) is 0 Å². The molecule has 14 heteroatoms. The molecule has 0 bridgehead atoms. The second-order valence-electron chi connectivity index (χ2n) is 9.87. The highest BCUT2D eigenvalue weighted by molar-refractivity contribution is 7.93. The molecule has 4 aromatic carbocycles. The molecular formula is C31H30F2N4O6S2. The Morgan fingerprint density at radius 3 is 1.40 bits per heavy atom. The van der Waals surface area contributed by atoms with Crippen molar-refractivity contribution in [3.05, 3.63) is 121 Å². The second-order valence-corrected chi connectivity index (χ2v) is 13.6. The maximum atomic E-state index is 13.6. The Morgan fingerprint density at radius 1 is 0.622 bits per heavy atom. The van der Waals surface area contributed by atoms with Gasteiger partial charge >= 0.3 is 0 Å². The number of sulfonamides is 2. The van der Waals surface area contributed by atoms with Crippen LogP contribution in [0.3, 0.4) is 0 Å². The topological polar surface area (TPSA) is 133 Å². The zero-order valence-electron chi connectivity index (χ0n) is 24.0. The molecule has 1 atom stereocenters. The fourth-order valence-corrected chi connectivity index (χ4v) is 7.12. The maximum Gasteiger partial charge on any atom is 0.264 e. The highest BCUT2D eigenvalue weighted by atomic mass is 32.2. The summed E-state index contributed by atoms with van der Waals surface area (Å²) < 4.78 is 82.4. The molecule has 0 aliphatic rings. The Morgan fingerprint density at radius 2 is 1.00 bits per heavy atom. The van der Waals surface area contributed by atoms with E-state index in [1.807, 2.05) is 0 Å². The number of anilines is 2. The number of hydrogen-bond acceptors (Lipinski definition) is 6. The number of benzene rings is 4. The van der Waals surface area contributed by atoms with E-state index >= 15 is 0 Å². The van der Waals surface area contributed by atoms with Crippen molar-refractivity contribution in [1.29, 1.82) is 0 Å². The Kier molecular flexibility index (Phi) is 10.5. The minimum Gasteiger partial charge on any atom is -0.352 e. The van der Waals surface area contributed by atoms with Crippen molar-refractivity contribution >= 4 is 43.2 Å². The largest absolute Gasteiger partial charge is 0.352 e. The van der Waals surface area contributed by atoms with E-state index in [2.05, 4.69) is 10.6 Å². The third-order valence-corrected chi connectivity index (χ3v) is 10.1. The summed E-state index contributed by atoms with van der Waals surface area (Å²) in [5.41, 5.74) is 0.133. The zero-order chi connectivity index (χ0) is 32.6. The standard InChI is InChI=1S/C31H30F2N4O6S2/c1-23(35-31(39)22-37(27-18-14-25(33)15-19-27)45(42,43)29-10-6-3-7-11-29)20-34-30(38)21-36(26-16-12-24(32)13-17-26)44(40,41)28-8-4-2-5-9-28/h2-19,23H,20-22H2,1H3,(H,34,38)(H,35,39)/t23-/m0/s1. The van der Waals surface area contributed by atoms with Gasteiger partial charge in [0.25, 0.3) is 20.0 Å². The Bertz CT molecular complexity index is 1830. The summed E-state index contributed by atoms with van der Waals surface area (Å²) in [6.07, 6.45) is 0. The first-order chi connectivity index (χ1) is 21.4. The lowest BCUT2D eigenvalue weighted by Crippen LogP contribution is -2.48. The summed E-state index contributed by atoms with van der Waals surface area (Å²) in [5.74, 6) is -2.58. The minimum absolute atomic E-state index is 0.0665. The van der Waals surface area contributed by atoms with Gasteiger partial charge in [-0.2, -0.15) is 0 Å². The van der Waals surface area contributed by atoms with Gasteiger partial charge in [0, 0.05) is 12.6 Å². The highest BCUT2D eigenvalue weighted by Gasteiger charge is 2.29. The quantitative estimate of drug-likeness (QED) is 0.226. The van der Waals surface area contributed by atoms with Gasteiger partial charge in [-0.1, -0.05) is 36.4 Å². The van der Waals surface area contributed by atoms with Gasteiger partial charge in [0.1, 0.15) is 24.7 Å². The molecule has 236 valence electrons. The number of nitrogens with zero attached hydrogens (tertiary/aromatic N) is 2. The Balaban J connectivity index is 1.43. The molecule has 45 heavy (non-hydrogen) atoms. The molecule has 0 aromatic heterocycles. The van der Waals surface area contributed by atoms with Gasteiger partial charge in [-0.15, -0.1) is 0 Å². The van der Waals surface area contributed by atoms with Crippen molar-refractivity contribution in [3.8, 4) is 0 Å². The number of hydrogen-bond donors (Lipinski definition) is 2. The average Bonchev–Trinajstić information content (AvgIpc) is 3.03. The van der Waals surface area contributed by atoms with Crippen molar-refractivity contribution < 1.29 is 35.2 Å². The molecule has 2 amide bonds. The minimum atomic E-state index is -4.21. The SMILES string of the molecule is C[C@@H](CNC(=O)CN(c1ccc(F)cc1)S(=O)(=O)c1ccccc1)NC(=O)CN(c1ccc(F)cc1)S(=O)(=O)c1ccccc1. The number of carbonyl (C=O) groups excluding carboxylic acids is 2. The molecule has 10 nitrogen and oxygen atoms in total. The van der Waals surface area contributed by atoms with Crippen LogP contribution in [0, 0.1) is 11.6 Å². The molecule has 0 saturated heterocycles. The molecule has 0 spiro atoms. The van der Waals surface area contributed by atoms with Gasteiger partial charge in [0.05, 0.1) is 21.2 Å². The summed E-state index contributed by atoms with van der Waals surface area (Å²) in [6.45, 7) is 0.145. The molecule has 0 fully saturated rings. The van der Waals surface area contributed by atoms with Gasteiger partial charge in [-0.25, -0.2) is 25.6 Å². The zero-order valence-corrected chi connectivity index (χ0v) is 25.6. The first-order valence-electron chi connectivity index (χ1n) is 13.6. The molecule has 0 aliphatic heterocycles. The molecule has 4 rings (SSSR count). The number of halogens is 2. The number of rotatable bonds is 13. The molecule has 4 aromatic rings. The van der Waals surface area contributed by atoms with Crippen LogP contribution in [0.1, 0.15) is 6.92 Å². The van der Waals surface area contributed by atoms with Crippen molar-refractivity contribution in [2.24, 2.45) is 0 Å². The molecule has 0 radical (unpaired) electrons. The maximum absolute atomic E-state index is 13.6. The van der Waals surface area contributed by atoms with E-state index in [1.165, 1.54) is 72.8 Å². The van der Waals surface area contributed by atoms with Crippen molar-refractivity contribution in [2.45, 2.75) is 22.8 Å². The van der Waals surface area contributed by atoms with Crippen LogP contribution < -0.4 is 19.2 Å². The predicted molar refractivity (Wildman–Crippen MR) is 165 cm³/mol. The monoisotopic (exact) mass is 656 g/mol. The third-order valence-electron chi connectivity index (χ3n) is 6.48. The molecule has 0 saturated carbocycles. The predicted octanol–water partition coefficient (Wildman–Crippen LogP) is 3.68. The van der Waals surface area contributed by atoms with Crippen LogP contribution in [-0.4, -0.2) is 54.3 Å². The fourth-order valence-electron chi connectivity index (χ4n) is 4.24. The smallest absolute Gasteiger partial charge is 0.264 e. The second kappa shape index (κ2) is 14.3. The molecule has 0 aliphatic carbocycles. The van der Waals surface area contributed by atoms with Crippen LogP contribution in [0.4, 0.5) is 20.2 Å². The van der Waals surface area contributed by atoms with Gasteiger partial charge < -0.3 is 10.6 Å². The number of carbonyl (C=O) groups is 2. The molecule has 0 unspecified atom stereocenters. The van der Waals surface area contributed by atoms with Crippen LogP contribution in [0.5, 0.6) is 0 Å². The first kappa shape index (κ1) is 33.1. The first-order valence-corrected chi connectivity index (χ1v) is 16.5. The van der Waals surface area contributed by atoms with Gasteiger partial charge in [-0.3, -0.25) is 18.2 Å². The van der Waals surface area contributed by atoms with Crippen LogP contribution >= 0.6 is 0 Å². The van der Waals surface area contributed by atoms with Crippen molar-refractivity contribution in [1.82, 2.24) is 10.6 Å². The van der Waals surface area contributed by atoms with Crippen LogP contribution in [0.2, 0.25) is 0 Å². The van der Waals surface area contributed by atoms with Crippen LogP contribution in [0.25, 0.3) is 0 Å². The van der Waals surface area contributed by atoms with Crippen LogP contribution in [0.15, 0.2) is 119 Å². The lowest BCUT2D eigenvalue weighted by Gasteiger charge is -2.26. The average molecular weight is 657 g/mol. The van der Waals surface area contributed by atoms with E-state index in [1.54, 1.807) is 19.1 Å². The molecule has 2 N–H and O–H groups in total. The van der Waals surface area contributed by atoms with E-state index in [0.717, 1.165) is 32.9 Å². The van der Waals surface area contributed by atoms with E-state index in [9.17, 15) is 35.2 Å². The highest BCUT2D eigenvalue weighted by Crippen LogP contribution is 2.25. The Hall–Kier alpha value is -4.82. The van der Waals surface area contributed by atoms with Gasteiger partial charge in [0.2, 0.25) is 11.8 Å². The number of nitrogens with one attached hydrogen (secondary N) is 2. The third kappa shape index (κ3) is 8.42. The summed E-state index contributed by atoms with van der Waals surface area (Å²) >= 11 is 0. The summed E-state index contributed by atoms with van der Waals surface area (Å²) in [5, 5.41) is 5.17. The van der Waals surface area contributed by atoms with Gasteiger partial charge in [-0.05, 0) is 79.7 Å².